The van der Waals surface area contributed by atoms with Gasteiger partial charge in [0.25, 0.3) is 0 Å². The van der Waals surface area contributed by atoms with Gasteiger partial charge in [0, 0.05) is 6.42 Å². The highest BCUT2D eigenvalue weighted by Crippen LogP contribution is 1.93. The molecule has 0 aromatic rings. The van der Waals surface area contributed by atoms with Crippen LogP contribution in [0.5, 0.6) is 0 Å². The SMILES string of the molecule is CC.N[C@H](CCC(=O)O)C(=O)O. The molecule has 0 aromatic heterocycles. The van der Waals surface area contributed by atoms with E-state index in [-0.39, 0.29) is 12.8 Å². The molecular weight excluding hydrogens is 162 g/mol. The van der Waals surface area contributed by atoms with Crippen molar-refractivity contribution in [2.75, 3.05) is 0 Å². The van der Waals surface area contributed by atoms with Crippen molar-refractivity contribution < 1.29 is 19.8 Å². The van der Waals surface area contributed by atoms with Gasteiger partial charge < -0.3 is 15.9 Å². The lowest BCUT2D eigenvalue weighted by atomic mass is 10.2. The number of nitrogens with two attached hydrogens (primary N) is 1. The van der Waals surface area contributed by atoms with Crippen molar-refractivity contribution >= 4 is 11.9 Å². The molecule has 0 saturated carbocycles. The molecule has 12 heavy (non-hydrogen) atoms. The number of rotatable bonds is 4. The molecule has 0 radical (unpaired) electrons. The van der Waals surface area contributed by atoms with E-state index in [9.17, 15) is 9.59 Å². The highest BCUT2D eigenvalue weighted by atomic mass is 16.4. The van der Waals surface area contributed by atoms with E-state index in [0.717, 1.165) is 0 Å². The van der Waals surface area contributed by atoms with Gasteiger partial charge in [0.2, 0.25) is 0 Å². The molecule has 1 atom stereocenters. The first-order valence-corrected chi connectivity index (χ1v) is 3.74. The first-order chi connectivity index (χ1) is 5.54. The molecule has 0 aromatic carbocycles. The molecular formula is C7H15NO4. The maximum Gasteiger partial charge on any atom is 0.320 e. The molecule has 72 valence electrons. The predicted molar refractivity (Wildman–Crippen MR) is 43.8 cm³/mol. The van der Waals surface area contributed by atoms with Gasteiger partial charge in [0.15, 0.2) is 0 Å². The second-order valence-electron chi connectivity index (χ2n) is 1.88. The van der Waals surface area contributed by atoms with Gasteiger partial charge in [0.05, 0.1) is 0 Å². The van der Waals surface area contributed by atoms with Crippen molar-refractivity contribution in [2.24, 2.45) is 5.73 Å². The molecule has 0 bridgehead atoms. The second kappa shape index (κ2) is 8.00. The molecule has 0 aliphatic carbocycles. The third-order valence-corrected chi connectivity index (χ3v) is 0.986. The van der Waals surface area contributed by atoms with Crippen LogP contribution in [0.15, 0.2) is 0 Å². The number of aliphatic carboxylic acids is 2. The van der Waals surface area contributed by atoms with Crippen LogP contribution in [-0.4, -0.2) is 28.2 Å². The Kier molecular flexibility index (Phi) is 8.99. The monoisotopic (exact) mass is 177 g/mol. The maximum absolute atomic E-state index is 9.99. The first kappa shape index (κ1) is 13.5. The number of hydrogen-bond donors (Lipinski definition) is 3. The number of carboxylic acid groups (broad SMARTS) is 2. The Labute approximate surface area is 71.2 Å². The number of carboxylic acids is 2. The van der Waals surface area contributed by atoms with Crippen LogP contribution < -0.4 is 5.73 Å². The predicted octanol–water partition coefficient (Wildman–Crippen LogP) is 0.289. The summed E-state index contributed by atoms with van der Waals surface area (Å²) in [6, 6.07) is -1.06. The van der Waals surface area contributed by atoms with Crippen molar-refractivity contribution in [3.8, 4) is 0 Å². The summed E-state index contributed by atoms with van der Waals surface area (Å²) in [7, 11) is 0. The fourth-order valence-corrected chi connectivity index (χ4v) is 0.402. The van der Waals surface area contributed by atoms with Crippen molar-refractivity contribution in [3.05, 3.63) is 0 Å². The Morgan fingerprint density at radius 3 is 2.00 bits per heavy atom. The van der Waals surface area contributed by atoms with Crippen LogP contribution >= 0.6 is 0 Å². The van der Waals surface area contributed by atoms with E-state index in [4.69, 9.17) is 15.9 Å². The van der Waals surface area contributed by atoms with Crippen LogP contribution in [0, 0.1) is 0 Å². The van der Waals surface area contributed by atoms with Crippen LogP contribution in [-0.2, 0) is 9.59 Å². The summed E-state index contributed by atoms with van der Waals surface area (Å²) in [6.07, 6.45) is -0.224. The molecule has 5 heteroatoms. The van der Waals surface area contributed by atoms with Gasteiger partial charge >= 0.3 is 11.9 Å². The summed E-state index contributed by atoms with van der Waals surface area (Å²) < 4.78 is 0. The maximum atomic E-state index is 9.99. The van der Waals surface area contributed by atoms with Gasteiger partial charge in [-0.05, 0) is 6.42 Å². The van der Waals surface area contributed by atoms with E-state index in [1.54, 1.807) is 0 Å². The highest BCUT2D eigenvalue weighted by Gasteiger charge is 2.12. The fourth-order valence-electron chi connectivity index (χ4n) is 0.402. The molecule has 0 heterocycles. The minimum atomic E-state index is -1.17. The summed E-state index contributed by atoms with van der Waals surface area (Å²) in [5, 5.41) is 16.3. The van der Waals surface area contributed by atoms with Crippen LogP contribution in [0.2, 0.25) is 0 Å². The summed E-state index contributed by atoms with van der Waals surface area (Å²) in [5.41, 5.74) is 5.00. The average molecular weight is 177 g/mol. The van der Waals surface area contributed by atoms with E-state index < -0.39 is 18.0 Å². The molecule has 0 amide bonds. The molecule has 0 unspecified atom stereocenters. The summed E-state index contributed by atoms with van der Waals surface area (Å²) in [6.45, 7) is 4.00. The third kappa shape index (κ3) is 8.90. The van der Waals surface area contributed by atoms with E-state index in [1.807, 2.05) is 13.8 Å². The second-order valence-corrected chi connectivity index (χ2v) is 1.88. The largest absolute Gasteiger partial charge is 0.481 e. The molecule has 0 spiro atoms. The number of hydrogen-bond acceptors (Lipinski definition) is 3. The standard InChI is InChI=1S/C5H9NO4.C2H6/c6-3(5(9)10)1-2-4(7)8;1-2/h3H,1-2,6H2,(H,7,8)(H,9,10);1-2H3/t3-;/m1./s1. The van der Waals surface area contributed by atoms with E-state index in [0.29, 0.717) is 0 Å². The van der Waals surface area contributed by atoms with Gasteiger partial charge in [-0.25, -0.2) is 0 Å². The first-order valence-electron chi connectivity index (χ1n) is 3.74. The van der Waals surface area contributed by atoms with E-state index >= 15 is 0 Å². The third-order valence-electron chi connectivity index (χ3n) is 0.986. The van der Waals surface area contributed by atoms with Crippen LogP contribution in [0.25, 0.3) is 0 Å². The molecule has 0 fully saturated rings. The van der Waals surface area contributed by atoms with Crippen LogP contribution in [0.3, 0.4) is 0 Å². The zero-order chi connectivity index (χ0) is 10.1. The lowest BCUT2D eigenvalue weighted by Crippen LogP contribution is -2.30. The zero-order valence-corrected chi connectivity index (χ0v) is 7.28. The quantitative estimate of drug-likeness (QED) is 0.573. The van der Waals surface area contributed by atoms with Crippen molar-refractivity contribution in [2.45, 2.75) is 32.7 Å². The molecule has 4 N–H and O–H groups in total. The van der Waals surface area contributed by atoms with Gasteiger partial charge in [0.1, 0.15) is 6.04 Å². The zero-order valence-electron chi connectivity index (χ0n) is 7.28. The summed E-state index contributed by atoms with van der Waals surface area (Å²) in [4.78, 5) is 19.9. The van der Waals surface area contributed by atoms with Crippen LogP contribution in [0.4, 0.5) is 0 Å². The van der Waals surface area contributed by atoms with Crippen LogP contribution in [0.1, 0.15) is 26.7 Å². The van der Waals surface area contributed by atoms with E-state index in [1.165, 1.54) is 0 Å². The Bertz CT molecular complexity index is 146. The normalized spacial score (nSPS) is 10.9. The molecule has 0 aliphatic rings. The minimum absolute atomic E-state index is 0.0231. The Balaban J connectivity index is 0. The summed E-state index contributed by atoms with van der Waals surface area (Å²) >= 11 is 0. The van der Waals surface area contributed by atoms with Gasteiger partial charge in [-0.2, -0.15) is 0 Å². The summed E-state index contributed by atoms with van der Waals surface area (Å²) in [5.74, 6) is -2.20. The fraction of sp³-hybridized carbons (Fsp3) is 0.714. The molecule has 0 aliphatic heterocycles. The molecule has 5 nitrogen and oxygen atoms in total. The highest BCUT2D eigenvalue weighted by molar-refractivity contribution is 5.74. The van der Waals surface area contributed by atoms with E-state index in [2.05, 4.69) is 0 Å². The topological polar surface area (TPSA) is 101 Å². The van der Waals surface area contributed by atoms with Crippen molar-refractivity contribution in [3.63, 3.8) is 0 Å². The van der Waals surface area contributed by atoms with Gasteiger partial charge in [-0.15, -0.1) is 0 Å². The minimum Gasteiger partial charge on any atom is -0.481 e. The Morgan fingerprint density at radius 2 is 1.75 bits per heavy atom. The molecule has 0 rings (SSSR count). The lowest BCUT2D eigenvalue weighted by molar-refractivity contribution is -0.139. The average Bonchev–Trinajstić information content (AvgIpc) is 2.03. The molecule has 0 saturated heterocycles. The number of carbonyl (C=O) groups is 2. The Morgan fingerprint density at radius 1 is 1.33 bits per heavy atom. The van der Waals surface area contributed by atoms with Crippen molar-refractivity contribution in [1.82, 2.24) is 0 Å². The van der Waals surface area contributed by atoms with Gasteiger partial charge in [-0.3, -0.25) is 9.59 Å². The van der Waals surface area contributed by atoms with Crippen molar-refractivity contribution in [1.29, 1.82) is 0 Å². The van der Waals surface area contributed by atoms with Gasteiger partial charge in [-0.1, -0.05) is 13.8 Å². The Hall–Kier alpha value is -1.10. The lowest BCUT2D eigenvalue weighted by Gasteiger charge is -2.01. The smallest absolute Gasteiger partial charge is 0.320 e.